The third kappa shape index (κ3) is 6.53. The minimum Gasteiger partial charge on any atom is -0.160 e. The molecular formula is C7H13F3S. The van der Waals surface area contributed by atoms with Crippen molar-refractivity contribution >= 4 is 11.8 Å². The van der Waals surface area contributed by atoms with Crippen LogP contribution in [0, 0.1) is 0 Å². The Labute approximate surface area is 69.5 Å². The summed E-state index contributed by atoms with van der Waals surface area (Å²) in [5, 5.41) is -0.250. The summed E-state index contributed by atoms with van der Waals surface area (Å²) in [4.78, 5) is 0. The summed E-state index contributed by atoms with van der Waals surface area (Å²) in [6.07, 6.45) is 2.07. The molecular weight excluding hydrogens is 173 g/mol. The highest BCUT2D eigenvalue weighted by Crippen LogP contribution is 2.36. The van der Waals surface area contributed by atoms with Crippen LogP contribution in [-0.2, 0) is 0 Å². The molecule has 0 rings (SSSR count). The lowest BCUT2D eigenvalue weighted by Crippen LogP contribution is -2.10. The van der Waals surface area contributed by atoms with E-state index in [0.29, 0.717) is 12.8 Å². The molecule has 0 aromatic heterocycles. The summed E-state index contributed by atoms with van der Waals surface area (Å²) in [5.74, 6) is 0. The van der Waals surface area contributed by atoms with Gasteiger partial charge in [-0.1, -0.05) is 20.3 Å². The Morgan fingerprint density at radius 1 is 1.27 bits per heavy atom. The van der Waals surface area contributed by atoms with E-state index in [9.17, 15) is 13.2 Å². The van der Waals surface area contributed by atoms with Gasteiger partial charge in [-0.25, -0.2) is 0 Å². The van der Waals surface area contributed by atoms with Crippen LogP contribution < -0.4 is 0 Å². The Kier molecular flexibility index (Phi) is 4.97. The average Bonchev–Trinajstić information content (AvgIpc) is 1.84. The zero-order valence-electron chi connectivity index (χ0n) is 6.74. The van der Waals surface area contributed by atoms with Gasteiger partial charge < -0.3 is 0 Å². The molecule has 0 aliphatic carbocycles. The Hall–Kier alpha value is 0.140. The molecule has 0 heterocycles. The molecule has 1 atom stereocenters. The second-order valence-corrected chi connectivity index (χ2v) is 3.75. The molecule has 0 N–H and O–H groups in total. The molecule has 0 saturated carbocycles. The molecule has 0 aliphatic heterocycles. The number of hydrogen-bond donors (Lipinski definition) is 0. The van der Waals surface area contributed by atoms with Crippen LogP contribution in [0.3, 0.4) is 0 Å². The van der Waals surface area contributed by atoms with Crippen molar-refractivity contribution in [2.75, 3.05) is 0 Å². The largest absolute Gasteiger partial charge is 0.442 e. The van der Waals surface area contributed by atoms with Gasteiger partial charge in [-0.15, -0.1) is 0 Å². The molecule has 0 spiro atoms. The summed E-state index contributed by atoms with van der Waals surface area (Å²) in [7, 11) is 0. The Bertz CT molecular complexity index is 100. The van der Waals surface area contributed by atoms with Gasteiger partial charge in [0.25, 0.3) is 0 Å². The number of halogens is 3. The summed E-state index contributed by atoms with van der Waals surface area (Å²) in [5.41, 5.74) is -4.06. The van der Waals surface area contributed by atoms with E-state index < -0.39 is 5.51 Å². The van der Waals surface area contributed by atoms with Crippen molar-refractivity contribution < 1.29 is 13.2 Å². The van der Waals surface area contributed by atoms with E-state index in [1.165, 1.54) is 0 Å². The maximum atomic E-state index is 11.8. The lowest BCUT2D eigenvalue weighted by Gasteiger charge is -2.14. The fraction of sp³-hybridized carbons (Fsp3) is 1.00. The van der Waals surface area contributed by atoms with Gasteiger partial charge in [0.1, 0.15) is 0 Å². The normalized spacial score (nSPS) is 15.0. The van der Waals surface area contributed by atoms with Crippen molar-refractivity contribution in [2.24, 2.45) is 0 Å². The van der Waals surface area contributed by atoms with Crippen LogP contribution in [0.25, 0.3) is 0 Å². The molecule has 0 aromatic carbocycles. The minimum atomic E-state index is -4.06. The van der Waals surface area contributed by atoms with Gasteiger partial charge in [-0.05, 0) is 24.6 Å². The van der Waals surface area contributed by atoms with E-state index in [-0.39, 0.29) is 17.0 Å². The van der Waals surface area contributed by atoms with E-state index in [1.54, 1.807) is 6.92 Å². The SMILES string of the molecule is CCCC(CC)SC(F)(F)F. The number of thioether (sulfide) groups is 1. The van der Waals surface area contributed by atoms with Crippen LogP contribution in [-0.4, -0.2) is 10.8 Å². The van der Waals surface area contributed by atoms with Crippen LogP contribution in [0.4, 0.5) is 13.2 Å². The van der Waals surface area contributed by atoms with E-state index in [4.69, 9.17) is 0 Å². The molecule has 0 bridgehead atoms. The maximum absolute atomic E-state index is 11.8. The van der Waals surface area contributed by atoms with Gasteiger partial charge in [-0.3, -0.25) is 0 Å². The van der Waals surface area contributed by atoms with Crippen molar-refractivity contribution in [3.05, 3.63) is 0 Å². The topological polar surface area (TPSA) is 0 Å². The van der Waals surface area contributed by atoms with Crippen molar-refractivity contribution in [1.29, 1.82) is 0 Å². The van der Waals surface area contributed by atoms with Gasteiger partial charge in [-0.2, -0.15) is 13.2 Å². The lowest BCUT2D eigenvalue weighted by molar-refractivity contribution is -0.0334. The average molecular weight is 186 g/mol. The molecule has 1 unspecified atom stereocenters. The second-order valence-electron chi connectivity index (χ2n) is 2.38. The molecule has 0 saturated heterocycles. The van der Waals surface area contributed by atoms with Gasteiger partial charge in [0.05, 0.1) is 0 Å². The highest BCUT2D eigenvalue weighted by molar-refractivity contribution is 8.00. The molecule has 0 nitrogen and oxygen atoms in total. The third-order valence-electron chi connectivity index (χ3n) is 1.37. The summed E-state index contributed by atoms with van der Waals surface area (Å²) < 4.78 is 35.3. The van der Waals surface area contributed by atoms with E-state index in [1.807, 2.05) is 6.92 Å². The molecule has 0 amide bonds. The Balaban J connectivity index is 3.68. The van der Waals surface area contributed by atoms with Gasteiger partial charge in [0, 0.05) is 5.25 Å². The molecule has 11 heavy (non-hydrogen) atoms. The van der Waals surface area contributed by atoms with Crippen LogP contribution in [0.2, 0.25) is 0 Å². The van der Waals surface area contributed by atoms with Crippen molar-refractivity contribution in [2.45, 2.75) is 43.9 Å². The third-order valence-corrected chi connectivity index (χ3v) is 2.54. The van der Waals surface area contributed by atoms with Crippen LogP contribution >= 0.6 is 11.8 Å². The molecule has 0 fully saturated rings. The monoisotopic (exact) mass is 186 g/mol. The summed E-state index contributed by atoms with van der Waals surface area (Å²) in [6, 6.07) is 0. The predicted octanol–water partition coefficient (Wildman–Crippen LogP) is 3.82. The van der Waals surface area contributed by atoms with Crippen molar-refractivity contribution in [3.63, 3.8) is 0 Å². The minimum absolute atomic E-state index is 0.126. The molecule has 0 aromatic rings. The summed E-state index contributed by atoms with van der Waals surface area (Å²) >= 11 is 0.126. The first-order chi connectivity index (χ1) is 4.99. The Morgan fingerprint density at radius 2 is 1.82 bits per heavy atom. The first kappa shape index (κ1) is 11.1. The standard InChI is InChI=1S/C7H13F3S/c1-3-5-6(4-2)11-7(8,9)10/h6H,3-5H2,1-2H3. The quantitative estimate of drug-likeness (QED) is 0.643. The van der Waals surface area contributed by atoms with Gasteiger partial charge in [0.2, 0.25) is 0 Å². The van der Waals surface area contributed by atoms with Crippen molar-refractivity contribution in [1.82, 2.24) is 0 Å². The fourth-order valence-electron chi connectivity index (χ4n) is 0.857. The molecule has 68 valence electrons. The van der Waals surface area contributed by atoms with E-state index in [2.05, 4.69) is 0 Å². The number of hydrogen-bond acceptors (Lipinski definition) is 1. The highest BCUT2D eigenvalue weighted by atomic mass is 32.2. The predicted molar refractivity (Wildman–Crippen MR) is 42.6 cm³/mol. The maximum Gasteiger partial charge on any atom is 0.442 e. The van der Waals surface area contributed by atoms with Crippen molar-refractivity contribution in [3.8, 4) is 0 Å². The van der Waals surface area contributed by atoms with E-state index in [0.717, 1.165) is 6.42 Å². The zero-order valence-corrected chi connectivity index (χ0v) is 7.56. The van der Waals surface area contributed by atoms with Crippen LogP contribution in [0.1, 0.15) is 33.1 Å². The van der Waals surface area contributed by atoms with Crippen LogP contribution in [0.5, 0.6) is 0 Å². The van der Waals surface area contributed by atoms with E-state index >= 15 is 0 Å². The second kappa shape index (κ2) is 4.91. The number of alkyl halides is 3. The summed E-state index contributed by atoms with van der Waals surface area (Å²) in [6.45, 7) is 3.69. The fourth-order valence-corrected chi connectivity index (χ4v) is 1.76. The number of rotatable bonds is 4. The molecule has 0 aliphatic rings. The molecule has 0 radical (unpaired) electrons. The first-order valence-electron chi connectivity index (χ1n) is 3.74. The van der Waals surface area contributed by atoms with Gasteiger partial charge in [0.15, 0.2) is 0 Å². The van der Waals surface area contributed by atoms with Gasteiger partial charge >= 0.3 is 5.51 Å². The Morgan fingerprint density at radius 3 is 2.09 bits per heavy atom. The highest BCUT2D eigenvalue weighted by Gasteiger charge is 2.31. The smallest absolute Gasteiger partial charge is 0.160 e. The first-order valence-corrected chi connectivity index (χ1v) is 4.62. The molecule has 4 heteroatoms. The van der Waals surface area contributed by atoms with Crippen LogP contribution in [0.15, 0.2) is 0 Å². The zero-order chi connectivity index (χ0) is 8.91. The lowest BCUT2D eigenvalue weighted by atomic mass is 10.2.